The Bertz CT molecular complexity index is 536. The molecule has 0 aliphatic rings. The molecule has 0 aliphatic heterocycles. The molecule has 0 fully saturated rings. The average molecular weight is 294 g/mol. The fourth-order valence-corrected chi connectivity index (χ4v) is 2.69. The Morgan fingerprint density at radius 3 is 2.58 bits per heavy atom. The van der Waals surface area contributed by atoms with Crippen molar-refractivity contribution in [3.63, 3.8) is 0 Å². The number of likely N-dealkylation sites (N-methyl/N-ethyl adjacent to an activating group) is 1. The molecule has 1 aromatic carbocycles. The van der Waals surface area contributed by atoms with Gasteiger partial charge in [-0.15, -0.1) is 11.3 Å². The highest BCUT2D eigenvalue weighted by Crippen LogP contribution is 2.22. The molecule has 2 rings (SSSR count). The number of carbonyl (C=O) groups excluding carboxylic acids is 1. The van der Waals surface area contributed by atoms with E-state index in [1.165, 1.54) is 0 Å². The number of hydrogen-bond donors (Lipinski definition) is 0. The zero-order chi connectivity index (χ0) is 13.8. The average Bonchev–Trinajstić information content (AvgIpc) is 2.90. The van der Waals surface area contributed by atoms with E-state index in [0.717, 1.165) is 10.4 Å². The molecule has 2 aromatic rings. The predicted octanol–water partition coefficient (Wildman–Crippen LogP) is 4.16. The van der Waals surface area contributed by atoms with Crippen LogP contribution in [0.25, 0.3) is 0 Å². The van der Waals surface area contributed by atoms with Gasteiger partial charge in [-0.05, 0) is 36.1 Å². The first kappa shape index (κ1) is 14.1. The van der Waals surface area contributed by atoms with Crippen molar-refractivity contribution in [2.75, 3.05) is 7.05 Å². The predicted molar refractivity (Wildman–Crippen MR) is 80.7 cm³/mol. The minimum Gasteiger partial charge on any atom is -0.339 e. The van der Waals surface area contributed by atoms with Crippen LogP contribution < -0.4 is 0 Å². The van der Waals surface area contributed by atoms with Crippen molar-refractivity contribution in [2.24, 2.45) is 0 Å². The number of amides is 1. The van der Waals surface area contributed by atoms with Gasteiger partial charge in [0.15, 0.2) is 0 Å². The van der Waals surface area contributed by atoms with Gasteiger partial charge in [0, 0.05) is 16.9 Å². The molecule has 0 bridgehead atoms. The monoisotopic (exact) mass is 293 g/mol. The number of carbonyl (C=O) groups is 1. The molecule has 1 heterocycles. The Morgan fingerprint density at radius 1 is 1.32 bits per heavy atom. The molecule has 0 saturated heterocycles. The van der Waals surface area contributed by atoms with E-state index in [1.807, 2.05) is 55.7 Å². The quantitative estimate of drug-likeness (QED) is 0.829. The Kier molecular flexibility index (Phi) is 4.61. The zero-order valence-electron chi connectivity index (χ0n) is 11.0. The maximum absolute atomic E-state index is 12.2. The van der Waals surface area contributed by atoms with Crippen LogP contribution in [0.2, 0.25) is 5.02 Å². The van der Waals surface area contributed by atoms with Crippen LogP contribution in [-0.4, -0.2) is 17.9 Å². The molecule has 2 nitrogen and oxygen atoms in total. The van der Waals surface area contributed by atoms with E-state index in [0.29, 0.717) is 11.4 Å². The van der Waals surface area contributed by atoms with Crippen LogP contribution in [0.4, 0.5) is 0 Å². The van der Waals surface area contributed by atoms with E-state index in [9.17, 15) is 4.79 Å². The summed E-state index contributed by atoms with van der Waals surface area (Å²) in [4.78, 5) is 15.1. The lowest BCUT2D eigenvalue weighted by molar-refractivity contribution is -0.131. The van der Waals surface area contributed by atoms with Crippen molar-refractivity contribution >= 4 is 28.8 Å². The number of benzene rings is 1. The number of rotatable bonds is 4. The summed E-state index contributed by atoms with van der Waals surface area (Å²) in [6, 6.07) is 11.6. The molecule has 1 amide bonds. The highest BCUT2D eigenvalue weighted by atomic mass is 35.5. The highest BCUT2D eigenvalue weighted by molar-refractivity contribution is 7.10. The van der Waals surface area contributed by atoms with Crippen molar-refractivity contribution in [1.82, 2.24) is 4.90 Å². The molecule has 0 radical (unpaired) electrons. The molecule has 0 saturated carbocycles. The molecular weight excluding hydrogens is 278 g/mol. The number of thiophene rings is 1. The molecule has 4 heteroatoms. The van der Waals surface area contributed by atoms with Crippen LogP contribution in [0.1, 0.15) is 23.4 Å². The first-order valence-corrected chi connectivity index (χ1v) is 7.37. The largest absolute Gasteiger partial charge is 0.339 e. The van der Waals surface area contributed by atoms with Crippen LogP contribution in [0.5, 0.6) is 0 Å². The highest BCUT2D eigenvalue weighted by Gasteiger charge is 2.17. The minimum atomic E-state index is 0.0460. The smallest absolute Gasteiger partial charge is 0.228 e. The third-order valence-corrected chi connectivity index (χ3v) is 4.36. The number of halogens is 1. The normalized spacial score (nSPS) is 12.2. The van der Waals surface area contributed by atoms with Crippen molar-refractivity contribution in [1.29, 1.82) is 0 Å². The number of hydrogen-bond acceptors (Lipinski definition) is 2. The van der Waals surface area contributed by atoms with E-state index in [1.54, 1.807) is 16.2 Å². The maximum Gasteiger partial charge on any atom is 0.228 e. The summed E-state index contributed by atoms with van der Waals surface area (Å²) in [5.74, 6) is 0.130. The second-order valence-electron chi connectivity index (χ2n) is 4.49. The lowest BCUT2D eigenvalue weighted by Crippen LogP contribution is -2.30. The molecule has 1 atom stereocenters. The van der Waals surface area contributed by atoms with Gasteiger partial charge in [-0.25, -0.2) is 0 Å². The molecule has 0 N–H and O–H groups in total. The van der Waals surface area contributed by atoms with Gasteiger partial charge >= 0.3 is 0 Å². The van der Waals surface area contributed by atoms with E-state index >= 15 is 0 Å². The summed E-state index contributed by atoms with van der Waals surface area (Å²) in [7, 11) is 1.84. The standard InChI is InChI=1S/C15H16ClNOS/c1-11(12-5-7-13(16)8-6-12)17(2)15(18)10-14-4-3-9-19-14/h3-9,11H,10H2,1-2H3. The second kappa shape index (κ2) is 6.22. The van der Waals surface area contributed by atoms with Gasteiger partial charge in [0.2, 0.25) is 5.91 Å². The number of nitrogens with zero attached hydrogens (tertiary/aromatic N) is 1. The molecular formula is C15H16ClNOS. The Hall–Kier alpha value is -1.32. The molecule has 0 spiro atoms. The van der Waals surface area contributed by atoms with Crippen molar-refractivity contribution in [3.8, 4) is 0 Å². The summed E-state index contributed by atoms with van der Waals surface area (Å²) >= 11 is 7.49. The van der Waals surface area contributed by atoms with Gasteiger partial charge in [-0.2, -0.15) is 0 Å². The third-order valence-electron chi connectivity index (χ3n) is 3.23. The van der Waals surface area contributed by atoms with Gasteiger partial charge in [0.05, 0.1) is 12.5 Å². The minimum absolute atomic E-state index is 0.0460. The van der Waals surface area contributed by atoms with Gasteiger partial charge in [0.1, 0.15) is 0 Å². The summed E-state index contributed by atoms with van der Waals surface area (Å²) < 4.78 is 0. The van der Waals surface area contributed by atoms with Gasteiger partial charge in [-0.1, -0.05) is 29.8 Å². The first-order chi connectivity index (χ1) is 9.08. The van der Waals surface area contributed by atoms with E-state index < -0.39 is 0 Å². The van der Waals surface area contributed by atoms with Crippen LogP contribution in [-0.2, 0) is 11.2 Å². The van der Waals surface area contributed by atoms with Gasteiger partial charge in [-0.3, -0.25) is 4.79 Å². The Morgan fingerprint density at radius 2 is 2.00 bits per heavy atom. The van der Waals surface area contributed by atoms with Gasteiger partial charge < -0.3 is 4.90 Å². The summed E-state index contributed by atoms with van der Waals surface area (Å²) in [6.45, 7) is 2.02. The lowest BCUT2D eigenvalue weighted by Gasteiger charge is -2.25. The fraction of sp³-hybridized carbons (Fsp3) is 0.267. The summed E-state index contributed by atoms with van der Waals surface area (Å²) in [6.07, 6.45) is 0.464. The summed E-state index contributed by atoms with van der Waals surface area (Å²) in [5, 5.41) is 2.70. The van der Waals surface area contributed by atoms with E-state index in [2.05, 4.69) is 0 Å². The molecule has 0 aliphatic carbocycles. The summed E-state index contributed by atoms with van der Waals surface area (Å²) in [5.41, 5.74) is 1.09. The van der Waals surface area contributed by atoms with E-state index in [-0.39, 0.29) is 11.9 Å². The maximum atomic E-state index is 12.2. The SMILES string of the molecule is CC(c1ccc(Cl)cc1)N(C)C(=O)Cc1cccs1. The fourth-order valence-electron chi connectivity index (χ4n) is 1.87. The van der Waals surface area contributed by atoms with Crippen LogP contribution >= 0.6 is 22.9 Å². The lowest BCUT2D eigenvalue weighted by atomic mass is 10.1. The van der Waals surface area contributed by atoms with Gasteiger partial charge in [0.25, 0.3) is 0 Å². The van der Waals surface area contributed by atoms with Crippen LogP contribution in [0.3, 0.4) is 0 Å². The topological polar surface area (TPSA) is 20.3 Å². The Labute approximate surface area is 122 Å². The third kappa shape index (κ3) is 3.58. The van der Waals surface area contributed by atoms with Crippen molar-refractivity contribution < 1.29 is 4.79 Å². The molecule has 100 valence electrons. The van der Waals surface area contributed by atoms with Crippen molar-refractivity contribution in [2.45, 2.75) is 19.4 Å². The Balaban J connectivity index is 2.04. The van der Waals surface area contributed by atoms with E-state index in [4.69, 9.17) is 11.6 Å². The second-order valence-corrected chi connectivity index (χ2v) is 5.96. The van der Waals surface area contributed by atoms with Crippen LogP contribution in [0, 0.1) is 0 Å². The molecule has 1 aromatic heterocycles. The molecule has 1 unspecified atom stereocenters. The first-order valence-electron chi connectivity index (χ1n) is 6.11. The van der Waals surface area contributed by atoms with Crippen molar-refractivity contribution in [3.05, 3.63) is 57.2 Å². The zero-order valence-corrected chi connectivity index (χ0v) is 12.5. The molecule has 19 heavy (non-hydrogen) atoms. The van der Waals surface area contributed by atoms with Crippen LogP contribution in [0.15, 0.2) is 41.8 Å².